The number of anilines is 1. The molecule has 0 fully saturated rings. The van der Waals surface area contributed by atoms with E-state index >= 15 is 0 Å². The number of nitrogens with zero attached hydrogens (tertiary/aromatic N) is 1. The molecule has 1 N–H and O–H groups in total. The Morgan fingerprint density at radius 3 is 2.65 bits per heavy atom. The van der Waals surface area contributed by atoms with Gasteiger partial charge in [-0.3, -0.25) is 4.79 Å². The third-order valence-corrected chi connectivity index (χ3v) is 2.46. The summed E-state index contributed by atoms with van der Waals surface area (Å²) < 4.78 is 5.11. The minimum Gasteiger partial charge on any atom is -0.465 e. The lowest BCUT2D eigenvalue weighted by Gasteiger charge is -2.02. The number of benzene rings is 1. The van der Waals surface area contributed by atoms with Crippen LogP contribution in [0.25, 0.3) is 6.08 Å². The Bertz CT molecular complexity index is 662. The van der Waals surface area contributed by atoms with Crippen molar-refractivity contribution in [1.29, 1.82) is 5.26 Å². The molecule has 4 nitrogen and oxygen atoms in total. The molecule has 0 aliphatic rings. The van der Waals surface area contributed by atoms with Gasteiger partial charge in [0.25, 0.3) is 5.91 Å². The van der Waals surface area contributed by atoms with Crippen LogP contribution in [0.1, 0.15) is 5.76 Å². The Balaban J connectivity index is 2.04. The summed E-state index contributed by atoms with van der Waals surface area (Å²) in [6, 6.07) is 14.4. The Kier molecular flexibility index (Phi) is 4.52. The lowest BCUT2D eigenvalue weighted by molar-refractivity contribution is -0.112. The second kappa shape index (κ2) is 6.76. The number of nitriles is 1. The molecule has 0 spiro atoms. The minimum absolute atomic E-state index is 0.0247. The molecule has 0 aliphatic heterocycles. The highest BCUT2D eigenvalue weighted by atomic mass is 16.3. The molecule has 1 aromatic carbocycles. The highest BCUT2D eigenvalue weighted by Gasteiger charge is 2.07. The predicted octanol–water partition coefficient (Wildman–Crippen LogP) is 3.38. The maximum absolute atomic E-state index is 11.9. The number of para-hydroxylation sites is 1. The lowest BCUT2D eigenvalue weighted by atomic mass is 10.2. The summed E-state index contributed by atoms with van der Waals surface area (Å²) in [5.74, 6) is 0.213. The van der Waals surface area contributed by atoms with E-state index in [4.69, 9.17) is 9.68 Å². The quantitative estimate of drug-likeness (QED) is 0.523. The highest BCUT2D eigenvalue weighted by molar-refractivity contribution is 6.06. The van der Waals surface area contributed by atoms with Crippen LogP contribution in [0.4, 0.5) is 5.69 Å². The highest BCUT2D eigenvalue weighted by Crippen LogP contribution is 2.08. The molecule has 2 rings (SSSR count). The number of amides is 1. The van der Waals surface area contributed by atoms with Crippen molar-refractivity contribution in [3.63, 3.8) is 0 Å². The van der Waals surface area contributed by atoms with Crippen LogP contribution in [-0.4, -0.2) is 5.91 Å². The van der Waals surface area contributed by atoms with E-state index in [9.17, 15) is 4.79 Å². The van der Waals surface area contributed by atoms with Crippen LogP contribution in [-0.2, 0) is 4.79 Å². The van der Waals surface area contributed by atoms with Gasteiger partial charge in [-0.1, -0.05) is 24.3 Å². The van der Waals surface area contributed by atoms with Crippen molar-refractivity contribution >= 4 is 17.7 Å². The van der Waals surface area contributed by atoms with Crippen LogP contribution in [0.3, 0.4) is 0 Å². The van der Waals surface area contributed by atoms with Crippen LogP contribution in [0.5, 0.6) is 0 Å². The summed E-state index contributed by atoms with van der Waals surface area (Å²) in [7, 11) is 0. The average Bonchev–Trinajstić information content (AvgIpc) is 2.98. The zero-order valence-electron chi connectivity index (χ0n) is 10.6. The number of hydrogen-bond donors (Lipinski definition) is 1. The number of hydrogen-bond acceptors (Lipinski definition) is 3. The SMILES string of the molecule is N#C/C(=C\C=C\c1ccco1)C(=O)Nc1ccccc1. The summed E-state index contributed by atoms with van der Waals surface area (Å²) in [4.78, 5) is 11.9. The molecule has 20 heavy (non-hydrogen) atoms. The molecule has 2 aromatic rings. The first-order valence-corrected chi connectivity index (χ1v) is 5.98. The molecule has 0 atom stereocenters. The van der Waals surface area contributed by atoms with E-state index in [0.717, 1.165) is 0 Å². The van der Waals surface area contributed by atoms with Gasteiger partial charge in [-0.25, -0.2) is 0 Å². The van der Waals surface area contributed by atoms with Crippen LogP contribution < -0.4 is 5.32 Å². The van der Waals surface area contributed by atoms with Gasteiger partial charge in [-0.15, -0.1) is 0 Å². The zero-order valence-corrected chi connectivity index (χ0v) is 10.6. The summed E-state index contributed by atoms with van der Waals surface area (Å²) in [5.41, 5.74) is 0.672. The van der Waals surface area contributed by atoms with E-state index in [2.05, 4.69) is 5.32 Å². The van der Waals surface area contributed by atoms with Crippen LogP contribution in [0, 0.1) is 11.3 Å². The Hall–Kier alpha value is -3.06. The molecule has 0 saturated heterocycles. The standard InChI is InChI=1S/C16H12N2O2/c17-12-13(6-4-9-15-10-5-11-20-15)16(19)18-14-7-2-1-3-8-14/h1-11H,(H,18,19)/b9-4+,13-6+. The van der Waals surface area contributed by atoms with Gasteiger partial charge in [0.2, 0.25) is 0 Å². The number of carbonyl (C=O) groups is 1. The van der Waals surface area contributed by atoms with E-state index in [0.29, 0.717) is 11.4 Å². The Labute approximate surface area is 116 Å². The smallest absolute Gasteiger partial charge is 0.266 e. The third-order valence-electron chi connectivity index (χ3n) is 2.46. The molecule has 0 radical (unpaired) electrons. The molecule has 0 bridgehead atoms. The molecular formula is C16H12N2O2. The molecule has 0 unspecified atom stereocenters. The number of nitrogens with one attached hydrogen (secondary N) is 1. The first-order chi connectivity index (χ1) is 9.79. The second-order valence-corrected chi connectivity index (χ2v) is 3.89. The normalized spacial score (nSPS) is 11.2. The van der Waals surface area contributed by atoms with Gasteiger partial charge in [-0.2, -0.15) is 5.26 Å². The van der Waals surface area contributed by atoms with Crippen molar-refractivity contribution < 1.29 is 9.21 Å². The van der Waals surface area contributed by atoms with Gasteiger partial charge in [0, 0.05) is 5.69 Å². The van der Waals surface area contributed by atoms with Crippen molar-refractivity contribution in [1.82, 2.24) is 0 Å². The molecule has 1 aromatic heterocycles. The van der Waals surface area contributed by atoms with Gasteiger partial charge < -0.3 is 9.73 Å². The number of furan rings is 1. The number of rotatable bonds is 4. The van der Waals surface area contributed by atoms with E-state index < -0.39 is 5.91 Å². The van der Waals surface area contributed by atoms with E-state index in [1.807, 2.05) is 24.3 Å². The van der Waals surface area contributed by atoms with Crippen LogP contribution in [0.15, 0.2) is 70.9 Å². The van der Waals surface area contributed by atoms with Crippen LogP contribution >= 0.6 is 0 Å². The second-order valence-electron chi connectivity index (χ2n) is 3.89. The maximum Gasteiger partial charge on any atom is 0.266 e. The minimum atomic E-state index is -0.442. The van der Waals surface area contributed by atoms with Crippen molar-refractivity contribution in [3.05, 3.63) is 72.2 Å². The van der Waals surface area contributed by atoms with Crippen molar-refractivity contribution in [3.8, 4) is 6.07 Å². The Morgan fingerprint density at radius 2 is 2.00 bits per heavy atom. The molecule has 98 valence electrons. The van der Waals surface area contributed by atoms with Gasteiger partial charge in [0.1, 0.15) is 17.4 Å². The fourth-order valence-electron chi connectivity index (χ4n) is 1.51. The predicted molar refractivity (Wildman–Crippen MR) is 76.5 cm³/mol. The summed E-state index contributed by atoms with van der Waals surface area (Å²) in [6.45, 7) is 0. The number of allylic oxidation sites excluding steroid dienone is 2. The fraction of sp³-hybridized carbons (Fsp3) is 0. The first kappa shape index (κ1) is 13.4. The van der Waals surface area contributed by atoms with E-state index in [1.54, 1.807) is 42.7 Å². The molecule has 0 saturated carbocycles. The summed E-state index contributed by atoms with van der Waals surface area (Å²) >= 11 is 0. The van der Waals surface area contributed by atoms with Gasteiger partial charge in [0.05, 0.1) is 6.26 Å². The molecule has 1 amide bonds. The number of carbonyl (C=O) groups excluding carboxylic acids is 1. The van der Waals surface area contributed by atoms with Gasteiger partial charge in [0.15, 0.2) is 0 Å². The van der Waals surface area contributed by atoms with Crippen molar-refractivity contribution in [2.75, 3.05) is 5.32 Å². The molecular weight excluding hydrogens is 252 g/mol. The average molecular weight is 264 g/mol. The van der Waals surface area contributed by atoms with Crippen LogP contribution in [0.2, 0.25) is 0 Å². The topological polar surface area (TPSA) is 66.0 Å². The van der Waals surface area contributed by atoms with Crippen molar-refractivity contribution in [2.24, 2.45) is 0 Å². The maximum atomic E-state index is 11.9. The third kappa shape index (κ3) is 3.72. The van der Waals surface area contributed by atoms with Crippen molar-refractivity contribution in [2.45, 2.75) is 0 Å². The summed E-state index contributed by atoms with van der Waals surface area (Å²) in [5, 5.41) is 11.6. The van der Waals surface area contributed by atoms with Gasteiger partial charge in [-0.05, 0) is 36.4 Å². The zero-order chi connectivity index (χ0) is 14.2. The van der Waals surface area contributed by atoms with E-state index in [-0.39, 0.29) is 5.57 Å². The van der Waals surface area contributed by atoms with Gasteiger partial charge >= 0.3 is 0 Å². The molecule has 4 heteroatoms. The molecule has 0 aliphatic carbocycles. The monoisotopic (exact) mass is 264 g/mol. The lowest BCUT2D eigenvalue weighted by Crippen LogP contribution is -2.13. The fourth-order valence-corrected chi connectivity index (χ4v) is 1.51. The van der Waals surface area contributed by atoms with E-state index in [1.165, 1.54) is 6.08 Å². The first-order valence-electron chi connectivity index (χ1n) is 5.98. The Morgan fingerprint density at radius 1 is 1.20 bits per heavy atom. The molecule has 1 heterocycles. The largest absolute Gasteiger partial charge is 0.465 e. The summed E-state index contributed by atoms with van der Waals surface area (Å²) in [6.07, 6.45) is 6.27.